The standard InChI is InChI=1S/C13H25N5/c1-4-13(6-5-7-13)10-18-12(15-16-17-18)9-14-8-11(2)3/h11,14H,4-10H2,1-3H3. The molecule has 1 fully saturated rings. The lowest BCUT2D eigenvalue weighted by Crippen LogP contribution is -2.35. The van der Waals surface area contributed by atoms with Gasteiger partial charge in [0.05, 0.1) is 13.1 Å². The van der Waals surface area contributed by atoms with E-state index in [1.807, 2.05) is 4.68 Å². The molecule has 1 aromatic rings. The highest BCUT2D eigenvalue weighted by atomic mass is 15.5. The van der Waals surface area contributed by atoms with Gasteiger partial charge in [0, 0.05) is 0 Å². The smallest absolute Gasteiger partial charge is 0.165 e. The molecule has 0 spiro atoms. The van der Waals surface area contributed by atoms with Gasteiger partial charge >= 0.3 is 0 Å². The minimum Gasteiger partial charge on any atom is -0.310 e. The topological polar surface area (TPSA) is 55.6 Å². The van der Waals surface area contributed by atoms with Crippen molar-refractivity contribution in [2.75, 3.05) is 6.54 Å². The predicted octanol–water partition coefficient (Wildman–Crippen LogP) is 2.00. The third kappa shape index (κ3) is 3.07. The van der Waals surface area contributed by atoms with Crippen LogP contribution in [0.4, 0.5) is 0 Å². The zero-order valence-electron chi connectivity index (χ0n) is 11.8. The molecule has 1 aliphatic rings. The molecule has 0 unspecified atom stereocenters. The zero-order chi connectivity index (χ0) is 13.0. The fourth-order valence-corrected chi connectivity index (χ4v) is 2.56. The molecule has 5 nitrogen and oxygen atoms in total. The minimum atomic E-state index is 0.460. The van der Waals surface area contributed by atoms with Crippen LogP contribution in [0.5, 0.6) is 0 Å². The van der Waals surface area contributed by atoms with Crippen molar-refractivity contribution in [3.63, 3.8) is 0 Å². The summed E-state index contributed by atoms with van der Waals surface area (Å²) < 4.78 is 2.00. The fourth-order valence-electron chi connectivity index (χ4n) is 2.56. The highest BCUT2D eigenvalue weighted by Crippen LogP contribution is 2.45. The maximum atomic E-state index is 4.14. The van der Waals surface area contributed by atoms with Crippen LogP contribution >= 0.6 is 0 Å². The van der Waals surface area contributed by atoms with Crippen molar-refractivity contribution in [1.29, 1.82) is 0 Å². The lowest BCUT2D eigenvalue weighted by molar-refractivity contribution is 0.0924. The maximum Gasteiger partial charge on any atom is 0.165 e. The van der Waals surface area contributed by atoms with Crippen LogP contribution in [0, 0.1) is 11.3 Å². The Bertz CT molecular complexity index is 362. The van der Waals surface area contributed by atoms with E-state index < -0.39 is 0 Å². The third-order valence-corrected chi connectivity index (χ3v) is 4.09. The highest BCUT2D eigenvalue weighted by Gasteiger charge is 2.36. The van der Waals surface area contributed by atoms with Crippen molar-refractivity contribution in [2.24, 2.45) is 11.3 Å². The molecule has 0 aromatic carbocycles. The summed E-state index contributed by atoms with van der Waals surface area (Å²) in [4.78, 5) is 0. The molecule has 1 N–H and O–H groups in total. The average molecular weight is 251 g/mol. The van der Waals surface area contributed by atoms with E-state index in [-0.39, 0.29) is 0 Å². The molecule has 1 saturated carbocycles. The van der Waals surface area contributed by atoms with E-state index in [0.29, 0.717) is 11.3 Å². The second-order valence-corrected chi connectivity index (χ2v) is 5.98. The molecule has 102 valence electrons. The number of rotatable bonds is 7. The first-order valence-electron chi connectivity index (χ1n) is 7.11. The van der Waals surface area contributed by atoms with Crippen molar-refractivity contribution < 1.29 is 0 Å². The van der Waals surface area contributed by atoms with Crippen molar-refractivity contribution in [3.8, 4) is 0 Å². The Hall–Kier alpha value is -0.970. The molecule has 0 bridgehead atoms. The quantitative estimate of drug-likeness (QED) is 0.805. The van der Waals surface area contributed by atoms with E-state index in [0.717, 1.165) is 25.5 Å². The zero-order valence-corrected chi connectivity index (χ0v) is 11.8. The van der Waals surface area contributed by atoms with Crippen molar-refractivity contribution in [1.82, 2.24) is 25.5 Å². The number of hydrogen-bond acceptors (Lipinski definition) is 4. The summed E-state index contributed by atoms with van der Waals surface area (Å²) in [7, 11) is 0. The summed E-state index contributed by atoms with van der Waals surface area (Å²) >= 11 is 0. The number of hydrogen-bond donors (Lipinski definition) is 1. The third-order valence-electron chi connectivity index (χ3n) is 4.09. The summed E-state index contributed by atoms with van der Waals surface area (Å²) in [5.74, 6) is 1.62. The summed E-state index contributed by atoms with van der Waals surface area (Å²) in [5, 5.41) is 15.5. The summed E-state index contributed by atoms with van der Waals surface area (Å²) in [6.45, 7) is 9.44. The fraction of sp³-hybridized carbons (Fsp3) is 0.923. The molecule has 0 saturated heterocycles. The monoisotopic (exact) mass is 251 g/mol. The number of tetrazole rings is 1. The van der Waals surface area contributed by atoms with Crippen LogP contribution in [0.15, 0.2) is 0 Å². The summed E-state index contributed by atoms with van der Waals surface area (Å²) in [5.41, 5.74) is 0.460. The molecule has 0 aliphatic heterocycles. The molecule has 5 heteroatoms. The molecule has 1 aromatic heterocycles. The van der Waals surface area contributed by atoms with E-state index >= 15 is 0 Å². The summed E-state index contributed by atoms with van der Waals surface area (Å²) in [6.07, 6.45) is 5.23. The van der Waals surface area contributed by atoms with Crippen LogP contribution in [-0.2, 0) is 13.1 Å². The van der Waals surface area contributed by atoms with Gasteiger partial charge in [0.2, 0.25) is 0 Å². The maximum absolute atomic E-state index is 4.14. The second-order valence-electron chi connectivity index (χ2n) is 5.98. The van der Waals surface area contributed by atoms with Gasteiger partial charge in [-0.1, -0.05) is 27.2 Å². The Morgan fingerprint density at radius 1 is 1.39 bits per heavy atom. The van der Waals surface area contributed by atoms with Crippen molar-refractivity contribution >= 4 is 0 Å². The van der Waals surface area contributed by atoms with E-state index in [2.05, 4.69) is 41.6 Å². The predicted molar refractivity (Wildman–Crippen MR) is 70.9 cm³/mol. The van der Waals surface area contributed by atoms with Gasteiger partial charge in [0.1, 0.15) is 0 Å². The molecule has 1 heterocycles. The van der Waals surface area contributed by atoms with Gasteiger partial charge in [-0.15, -0.1) is 5.10 Å². The van der Waals surface area contributed by atoms with Crippen molar-refractivity contribution in [3.05, 3.63) is 5.82 Å². The van der Waals surface area contributed by atoms with Crippen LogP contribution in [0.3, 0.4) is 0 Å². The van der Waals surface area contributed by atoms with Gasteiger partial charge < -0.3 is 5.32 Å². The Labute approximate surface area is 109 Å². The molecule has 18 heavy (non-hydrogen) atoms. The van der Waals surface area contributed by atoms with Gasteiger partial charge in [0.15, 0.2) is 5.82 Å². The number of nitrogens with one attached hydrogen (secondary N) is 1. The molecule has 2 rings (SSSR count). The first-order valence-corrected chi connectivity index (χ1v) is 7.11. The Balaban J connectivity index is 1.91. The number of nitrogens with zero attached hydrogens (tertiary/aromatic N) is 4. The van der Waals surface area contributed by atoms with Gasteiger partial charge in [-0.3, -0.25) is 0 Å². The van der Waals surface area contributed by atoms with E-state index in [1.165, 1.54) is 25.7 Å². The second kappa shape index (κ2) is 5.78. The van der Waals surface area contributed by atoms with Crippen LogP contribution in [0.25, 0.3) is 0 Å². The summed E-state index contributed by atoms with van der Waals surface area (Å²) in [6, 6.07) is 0. The van der Waals surface area contributed by atoms with E-state index in [4.69, 9.17) is 0 Å². The first-order chi connectivity index (χ1) is 8.65. The Morgan fingerprint density at radius 3 is 2.72 bits per heavy atom. The van der Waals surface area contributed by atoms with Crippen LogP contribution in [-0.4, -0.2) is 26.8 Å². The lowest BCUT2D eigenvalue weighted by atomic mass is 9.67. The van der Waals surface area contributed by atoms with Gasteiger partial charge in [-0.05, 0) is 47.6 Å². The molecular formula is C13H25N5. The van der Waals surface area contributed by atoms with Gasteiger partial charge in [-0.25, -0.2) is 4.68 Å². The van der Waals surface area contributed by atoms with Crippen LogP contribution < -0.4 is 5.32 Å². The SMILES string of the molecule is CCC1(Cn2nnnc2CNCC(C)C)CCC1. The van der Waals surface area contributed by atoms with Crippen LogP contribution in [0.2, 0.25) is 0 Å². The Kier molecular flexibility index (Phi) is 4.32. The van der Waals surface area contributed by atoms with Crippen molar-refractivity contribution in [2.45, 2.75) is 59.5 Å². The van der Waals surface area contributed by atoms with Gasteiger partial charge in [-0.2, -0.15) is 0 Å². The van der Waals surface area contributed by atoms with Gasteiger partial charge in [0.25, 0.3) is 0 Å². The Morgan fingerprint density at radius 2 is 2.17 bits per heavy atom. The van der Waals surface area contributed by atoms with E-state index in [9.17, 15) is 0 Å². The first kappa shape index (κ1) is 13.5. The highest BCUT2D eigenvalue weighted by molar-refractivity contribution is 4.89. The molecule has 1 aliphatic carbocycles. The lowest BCUT2D eigenvalue weighted by Gasteiger charge is -2.41. The van der Waals surface area contributed by atoms with E-state index in [1.54, 1.807) is 0 Å². The van der Waals surface area contributed by atoms with Crippen LogP contribution in [0.1, 0.15) is 52.3 Å². The number of aromatic nitrogens is 4. The molecule has 0 atom stereocenters. The minimum absolute atomic E-state index is 0.460. The molecular weight excluding hydrogens is 226 g/mol. The largest absolute Gasteiger partial charge is 0.310 e. The average Bonchev–Trinajstić information content (AvgIpc) is 2.70. The molecule has 0 radical (unpaired) electrons. The molecule has 0 amide bonds. The normalized spacial score (nSPS) is 18.0.